The minimum absolute atomic E-state index is 0.623. The first-order valence-electron chi connectivity index (χ1n) is 17.1. The van der Waals surface area contributed by atoms with Gasteiger partial charge in [0.2, 0.25) is 5.89 Å². The molecule has 0 aliphatic rings. The van der Waals surface area contributed by atoms with Gasteiger partial charge in [0.15, 0.2) is 5.58 Å². The lowest BCUT2D eigenvalue weighted by atomic mass is 10.0. The number of fused-ring (bicyclic) bond motifs is 6. The molecule has 8 aromatic carbocycles. The van der Waals surface area contributed by atoms with Gasteiger partial charge in [-0.1, -0.05) is 127 Å². The van der Waals surface area contributed by atoms with Gasteiger partial charge in [0.1, 0.15) is 5.52 Å². The van der Waals surface area contributed by atoms with E-state index < -0.39 is 0 Å². The summed E-state index contributed by atoms with van der Waals surface area (Å²) in [6.45, 7) is 0. The highest BCUT2D eigenvalue weighted by Gasteiger charge is 2.23. The zero-order valence-electron chi connectivity index (χ0n) is 27.5. The third-order valence-electron chi connectivity index (χ3n) is 9.69. The Balaban J connectivity index is 1.18. The van der Waals surface area contributed by atoms with E-state index in [9.17, 15) is 0 Å². The topological polar surface area (TPSA) is 29.3 Å². The normalized spacial score (nSPS) is 11.5. The molecule has 0 saturated carbocycles. The molecule has 0 fully saturated rings. The van der Waals surface area contributed by atoms with Gasteiger partial charge in [-0.15, -0.1) is 11.3 Å². The van der Waals surface area contributed by atoms with Crippen LogP contribution in [0.25, 0.3) is 75.8 Å². The molecule has 0 saturated heterocycles. The molecule has 0 amide bonds. The summed E-state index contributed by atoms with van der Waals surface area (Å²) in [6.07, 6.45) is 0. The van der Waals surface area contributed by atoms with Crippen molar-refractivity contribution < 1.29 is 4.42 Å². The number of rotatable bonds is 6. The Hall–Kier alpha value is -6.49. The first kappa shape index (κ1) is 29.4. The molecule has 10 aromatic rings. The van der Waals surface area contributed by atoms with Crippen LogP contribution in [0, 0.1) is 0 Å². The summed E-state index contributed by atoms with van der Waals surface area (Å²) in [5, 5.41) is 4.78. The van der Waals surface area contributed by atoms with Crippen LogP contribution in [0.5, 0.6) is 0 Å². The summed E-state index contributed by atoms with van der Waals surface area (Å²) < 4.78 is 8.99. The van der Waals surface area contributed by atoms with Gasteiger partial charge in [-0.3, -0.25) is 0 Å². The molecule has 0 bridgehead atoms. The lowest BCUT2D eigenvalue weighted by Crippen LogP contribution is -2.10. The molecule has 0 radical (unpaired) electrons. The fourth-order valence-corrected chi connectivity index (χ4v) is 8.37. The van der Waals surface area contributed by atoms with Crippen LogP contribution in [-0.2, 0) is 0 Å². The van der Waals surface area contributed by atoms with Crippen LogP contribution in [0.15, 0.2) is 186 Å². The average molecular weight is 671 g/mol. The molecule has 0 aliphatic carbocycles. The molecule has 51 heavy (non-hydrogen) atoms. The van der Waals surface area contributed by atoms with Gasteiger partial charge in [0.05, 0.1) is 10.4 Å². The average Bonchev–Trinajstić information content (AvgIpc) is 3.81. The van der Waals surface area contributed by atoms with Crippen molar-refractivity contribution in [3.63, 3.8) is 0 Å². The van der Waals surface area contributed by atoms with E-state index in [1.165, 1.54) is 47.8 Å². The van der Waals surface area contributed by atoms with E-state index in [0.717, 1.165) is 39.1 Å². The maximum Gasteiger partial charge on any atom is 0.227 e. The summed E-state index contributed by atoms with van der Waals surface area (Å²) >= 11 is 1.80. The molecule has 0 atom stereocenters. The summed E-state index contributed by atoms with van der Waals surface area (Å²) in [5.74, 6) is 0.623. The van der Waals surface area contributed by atoms with Gasteiger partial charge in [-0.25, -0.2) is 4.98 Å². The molecule has 0 N–H and O–H groups in total. The number of nitrogens with zero attached hydrogens (tertiary/aromatic N) is 2. The molecular weight excluding hydrogens is 641 g/mol. The van der Waals surface area contributed by atoms with Crippen molar-refractivity contribution in [2.24, 2.45) is 0 Å². The van der Waals surface area contributed by atoms with Crippen LogP contribution in [-0.4, -0.2) is 4.98 Å². The Morgan fingerprint density at radius 3 is 1.76 bits per heavy atom. The van der Waals surface area contributed by atoms with Crippen molar-refractivity contribution in [1.82, 2.24) is 4.98 Å². The molecule has 0 unspecified atom stereocenters. The quantitative estimate of drug-likeness (QED) is 0.176. The number of thiophene rings is 1. The minimum atomic E-state index is 0.623. The number of hydrogen-bond acceptors (Lipinski definition) is 4. The zero-order valence-corrected chi connectivity index (χ0v) is 28.3. The Morgan fingerprint density at radius 2 is 1.04 bits per heavy atom. The number of oxazole rings is 1. The molecule has 4 heteroatoms. The van der Waals surface area contributed by atoms with Crippen LogP contribution in [0.2, 0.25) is 0 Å². The lowest BCUT2D eigenvalue weighted by Gasteiger charge is -2.26. The fourth-order valence-electron chi connectivity index (χ4n) is 7.16. The van der Waals surface area contributed by atoms with Crippen LogP contribution in [0.1, 0.15) is 0 Å². The standard InChI is InChI=1S/C47H30N2OS/c1-3-11-31(12-4-1)33-21-25-38(26-22-33)49(39-27-23-34(24-28-39)37-20-19-32-13-7-8-16-36(32)29-37)41-30-42-45(48-47(50-42)35-14-5-2-6-15-35)44-40-17-9-10-18-43(40)51-46(41)44/h1-30H. The Morgan fingerprint density at radius 1 is 0.471 bits per heavy atom. The number of aromatic nitrogens is 1. The van der Waals surface area contributed by atoms with Crippen molar-refractivity contribution in [2.75, 3.05) is 4.90 Å². The summed E-state index contributed by atoms with van der Waals surface area (Å²) in [4.78, 5) is 7.47. The van der Waals surface area contributed by atoms with Gasteiger partial charge >= 0.3 is 0 Å². The van der Waals surface area contributed by atoms with Gasteiger partial charge < -0.3 is 9.32 Å². The first-order valence-corrected chi connectivity index (χ1v) is 17.9. The van der Waals surface area contributed by atoms with Crippen molar-refractivity contribution in [1.29, 1.82) is 0 Å². The second kappa shape index (κ2) is 12.1. The van der Waals surface area contributed by atoms with E-state index in [-0.39, 0.29) is 0 Å². The van der Waals surface area contributed by atoms with Crippen molar-refractivity contribution in [2.45, 2.75) is 0 Å². The van der Waals surface area contributed by atoms with Crippen molar-refractivity contribution in [3.8, 4) is 33.7 Å². The minimum Gasteiger partial charge on any atom is -0.436 e. The van der Waals surface area contributed by atoms with Crippen molar-refractivity contribution >= 4 is 70.4 Å². The number of hydrogen-bond donors (Lipinski definition) is 0. The molecular formula is C47H30N2OS. The van der Waals surface area contributed by atoms with E-state index in [1.807, 2.05) is 30.3 Å². The maximum atomic E-state index is 6.60. The first-order chi connectivity index (χ1) is 25.3. The second-order valence-corrected chi connectivity index (χ2v) is 13.8. The second-order valence-electron chi connectivity index (χ2n) is 12.8. The highest BCUT2D eigenvalue weighted by molar-refractivity contribution is 7.26. The van der Waals surface area contributed by atoms with Crippen LogP contribution in [0.3, 0.4) is 0 Å². The Bertz CT molecular complexity index is 2840. The van der Waals surface area contributed by atoms with E-state index in [0.29, 0.717) is 5.89 Å². The zero-order chi connectivity index (χ0) is 33.7. The summed E-state index contributed by atoms with van der Waals surface area (Å²) in [5.41, 5.74) is 10.5. The van der Waals surface area contributed by atoms with Crippen LogP contribution >= 0.6 is 11.3 Å². The molecule has 3 nitrogen and oxygen atoms in total. The van der Waals surface area contributed by atoms with Crippen LogP contribution < -0.4 is 4.90 Å². The predicted octanol–water partition coefficient (Wildman–Crippen LogP) is 13.8. The summed E-state index contributed by atoms with van der Waals surface area (Å²) in [6, 6.07) is 64.5. The van der Waals surface area contributed by atoms with E-state index in [4.69, 9.17) is 9.40 Å². The molecule has 0 aliphatic heterocycles. The van der Waals surface area contributed by atoms with Crippen LogP contribution in [0.4, 0.5) is 17.1 Å². The molecule has 2 heterocycles. The monoisotopic (exact) mass is 670 g/mol. The number of benzene rings is 8. The third kappa shape index (κ3) is 5.16. The largest absolute Gasteiger partial charge is 0.436 e. The fraction of sp³-hybridized carbons (Fsp3) is 0. The predicted molar refractivity (Wildman–Crippen MR) is 215 cm³/mol. The highest BCUT2D eigenvalue weighted by Crippen LogP contribution is 2.48. The molecule has 0 spiro atoms. The Kier molecular flexibility index (Phi) is 7.00. The van der Waals surface area contributed by atoms with Gasteiger partial charge in [-0.2, -0.15) is 0 Å². The van der Waals surface area contributed by atoms with E-state index >= 15 is 0 Å². The molecule has 2 aromatic heterocycles. The van der Waals surface area contributed by atoms with Gasteiger partial charge in [0.25, 0.3) is 0 Å². The SMILES string of the molecule is c1ccc(-c2ccc(N(c3ccc(-c4ccc5ccccc5c4)cc3)c3cc4oc(-c5ccccc5)nc4c4c3sc3ccccc34)cc2)cc1. The third-order valence-corrected chi connectivity index (χ3v) is 10.9. The van der Waals surface area contributed by atoms with E-state index in [2.05, 4.69) is 157 Å². The highest BCUT2D eigenvalue weighted by atomic mass is 32.1. The van der Waals surface area contributed by atoms with Gasteiger partial charge in [0, 0.05) is 38.5 Å². The Labute approximate surface area is 299 Å². The molecule has 240 valence electrons. The lowest BCUT2D eigenvalue weighted by molar-refractivity contribution is 0.620. The maximum absolute atomic E-state index is 6.60. The van der Waals surface area contributed by atoms with Crippen molar-refractivity contribution in [3.05, 3.63) is 182 Å². The van der Waals surface area contributed by atoms with Gasteiger partial charge in [-0.05, 0) is 81.6 Å². The van der Waals surface area contributed by atoms with E-state index in [1.54, 1.807) is 11.3 Å². The molecule has 10 rings (SSSR count). The summed E-state index contributed by atoms with van der Waals surface area (Å²) in [7, 11) is 0. The smallest absolute Gasteiger partial charge is 0.227 e. The number of anilines is 3.